The summed E-state index contributed by atoms with van der Waals surface area (Å²) in [6, 6.07) is 36.7. The van der Waals surface area contributed by atoms with Crippen molar-refractivity contribution in [1.29, 1.82) is 0 Å². The molecule has 4 atom stereocenters. The van der Waals surface area contributed by atoms with Crippen LogP contribution in [-0.4, -0.2) is 15.6 Å². The van der Waals surface area contributed by atoms with Crippen molar-refractivity contribution in [1.82, 2.24) is 9.55 Å². The standard InChI is InChI=1S/C41H40N4/c1-27-11-8-17-34-35(21-20-32(39(27)34)30-13-4-3-5-14-30)40(28(2)22-23-42)37(43)26-29-12-9-15-31(25-29)45-38-19-7-6-16-33(38)36-18-10-24-44-41(36)45/h3-10,12-25,27-28,37,40H,11,26,42-43H2,1-2H3/b23-22-. The molecule has 6 aromatic rings. The zero-order chi connectivity index (χ0) is 30.9. The summed E-state index contributed by atoms with van der Waals surface area (Å²) in [7, 11) is 0. The van der Waals surface area contributed by atoms with Gasteiger partial charge in [0.2, 0.25) is 0 Å². The second-order valence-electron chi connectivity index (χ2n) is 12.5. The minimum Gasteiger partial charge on any atom is -0.405 e. The van der Waals surface area contributed by atoms with E-state index in [9.17, 15) is 0 Å². The maximum absolute atomic E-state index is 7.26. The molecule has 1 aliphatic carbocycles. The molecule has 0 amide bonds. The predicted octanol–water partition coefficient (Wildman–Crippen LogP) is 9.13. The van der Waals surface area contributed by atoms with E-state index >= 15 is 0 Å². The first-order chi connectivity index (χ1) is 22.0. The highest BCUT2D eigenvalue weighted by Gasteiger charge is 2.30. The fourth-order valence-corrected chi connectivity index (χ4v) is 7.52. The third-order valence-corrected chi connectivity index (χ3v) is 9.55. The SMILES string of the molecule is CC1CC=Cc2c(C(C(C)/C=C\N)C(N)Cc3cccc(-n4c5ccccc5c5cccnc54)c3)ccc(-c3ccccc3)c21. The van der Waals surface area contributed by atoms with Crippen molar-refractivity contribution in [2.75, 3.05) is 0 Å². The number of pyridine rings is 1. The zero-order valence-electron chi connectivity index (χ0n) is 26.0. The molecule has 1 aliphatic rings. The Labute approximate surface area is 265 Å². The summed E-state index contributed by atoms with van der Waals surface area (Å²) in [4.78, 5) is 4.79. The Morgan fingerprint density at radius 1 is 0.911 bits per heavy atom. The average Bonchev–Trinajstić information content (AvgIpc) is 3.40. The summed E-state index contributed by atoms with van der Waals surface area (Å²) < 4.78 is 2.27. The first-order valence-corrected chi connectivity index (χ1v) is 16.0. The molecule has 2 heterocycles. The third-order valence-electron chi connectivity index (χ3n) is 9.55. The predicted molar refractivity (Wildman–Crippen MR) is 189 cm³/mol. The highest BCUT2D eigenvalue weighted by molar-refractivity contribution is 6.07. The van der Waals surface area contributed by atoms with E-state index in [4.69, 9.17) is 16.5 Å². The molecule has 4 nitrogen and oxygen atoms in total. The first-order valence-electron chi connectivity index (χ1n) is 16.0. The lowest BCUT2D eigenvalue weighted by Gasteiger charge is -2.33. The molecule has 224 valence electrons. The molecule has 0 fully saturated rings. The number of fused-ring (bicyclic) bond motifs is 4. The van der Waals surface area contributed by atoms with Gasteiger partial charge in [-0.2, -0.15) is 0 Å². The van der Waals surface area contributed by atoms with E-state index < -0.39 is 0 Å². The van der Waals surface area contributed by atoms with Crippen LogP contribution < -0.4 is 11.5 Å². The van der Waals surface area contributed by atoms with Gasteiger partial charge >= 0.3 is 0 Å². The zero-order valence-corrected chi connectivity index (χ0v) is 26.0. The lowest BCUT2D eigenvalue weighted by molar-refractivity contribution is 0.444. The van der Waals surface area contributed by atoms with Gasteiger partial charge in [-0.25, -0.2) is 4.98 Å². The van der Waals surface area contributed by atoms with E-state index in [-0.39, 0.29) is 17.9 Å². The Balaban J connectivity index is 1.29. The van der Waals surface area contributed by atoms with Crippen LogP contribution in [0, 0.1) is 5.92 Å². The van der Waals surface area contributed by atoms with Crippen LogP contribution in [0.25, 0.3) is 44.8 Å². The number of nitrogens with zero attached hydrogens (tertiary/aromatic N) is 2. The quantitative estimate of drug-likeness (QED) is 0.186. The summed E-state index contributed by atoms with van der Waals surface area (Å²) in [6.07, 6.45) is 12.1. The normalized spacial score (nSPS) is 16.6. The summed E-state index contributed by atoms with van der Waals surface area (Å²) in [5, 5.41) is 2.36. The first kappa shape index (κ1) is 28.8. The lowest BCUT2D eigenvalue weighted by atomic mass is 9.73. The number of benzene rings is 4. The van der Waals surface area contributed by atoms with Crippen molar-refractivity contribution in [3.8, 4) is 16.8 Å². The van der Waals surface area contributed by atoms with Crippen molar-refractivity contribution in [3.63, 3.8) is 0 Å². The van der Waals surface area contributed by atoms with Crippen LogP contribution in [0.1, 0.15) is 54.4 Å². The second-order valence-corrected chi connectivity index (χ2v) is 12.5. The van der Waals surface area contributed by atoms with Gasteiger partial charge < -0.3 is 11.5 Å². The van der Waals surface area contributed by atoms with Crippen LogP contribution in [0.2, 0.25) is 0 Å². The molecule has 4 unspecified atom stereocenters. The Hall–Kier alpha value is -4.93. The number of para-hydroxylation sites is 1. The average molecular weight is 589 g/mol. The molecular formula is C41H40N4. The smallest absolute Gasteiger partial charge is 0.145 e. The minimum absolute atomic E-state index is 0.0804. The Kier molecular flexibility index (Phi) is 7.83. The number of rotatable bonds is 8. The number of aromatic nitrogens is 2. The largest absolute Gasteiger partial charge is 0.405 e. The molecule has 0 radical (unpaired) electrons. The van der Waals surface area contributed by atoms with Crippen molar-refractivity contribution >= 4 is 28.0 Å². The monoisotopic (exact) mass is 588 g/mol. The topological polar surface area (TPSA) is 69.9 Å². The molecular weight excluding hydrogens is 548 g/mol. The van der Waals surface area contributed by atoms with E-state index in [1.165, 1.54) is 38.8 Å². The van der Waals surface area contributed by atoms with Gasteiger partial charge in [-0.3, -0.25) is 4.57 Å². The Morgan fingerprint density at radius 3 is 2.56 bits per heavy atom. The van der Waals surface area contributed by atoms with Gasteiger partial charge in [0, 0.05) is 34.6 Å². The Morgan fingerprint density at radius 2 is 1.71 bits per heavy atom. The molecule has 7 rings (SSSR count). The molecule has 4 N–H and O–H groups in total. The van der Waals surface area contributed by atoms with Gasteiger partial charge in [0.15, 0.2) is 0 Å². The van der Waals surface area contributed by atoms with E-state index in [2.05, 4.69) is 134 Å². The molecule has 2 aromatic heterocycles. The fourth-order valence-electron chi connectivity index (χ4n) is 7.52. The third kappa shape index (κ3) is 5.26. The van der Waals surface area contributed by atoms with Crippen LogP contribution in [0.3, 0.4) is 0 Å². The van der Waals surface area contributed by atoms with Crippen molar-refractivity contribution in [2.24, 2.45) is 17.4 Å². The van der Waals surface area contributed by atoms with E-state index in [0.29, 0.717) is 5.92 Å². The number of hydrogen-bond donors (Lipinski definition) is 2. The summed E-state index contributed by atoms with van der Waals surface area (Å²) in [6.45, 7) is 4.58. The molecule has 45 heavy (non-hydrogen) atoms. The van der Waals surface area contributed by atoms with Crippen LogP contribution in [-0.2, 0) is 6.42 Å². The molecule has 0 spiro atoms. The van der Waals surface area contributed by atoms with Gasteiger partial charge in [0.25, 0.3) is 0 Å². The van der Waals surface area contributed by atoms with Gasteiger partial charge in [-0.15, -0.1) is 0 Å². The number of allylic oxidation sites excluding steroid dienone is 2. The van der Waals surface area contributed by atoms with Crippen LogP contribution in [0.4, 0.5) is 0 Å². The van der Waals surface area contributed by atoms with Gasteiger partial charge in [-0.05, 0) is 94.6 Å². The summed E-state index contributed by atoms with van der Waals surface area (Å²) in [5.41, 5.74) is 24.3. The fraction of sp³-hybridized carbons (Fsp3) is 0.195. The molecule has 0 saturated heterocycles. The van der Waals surface area contributed by atoms with E-state index in [0.717, 1.165) is 35.1 Å². The van der Waals surface area contributed by atoms with Crippen LogP contribution >= 0.6 is 0 Å². The maximum Gasteiger partial charge on any atom is 0.145 e. The van der Waals surface area contributed by atoms with Crippen molar-refractivity contribution in [2.45, 2.75) is 44.6 Å². The van der Waals surface area contributed by atoms with Crippen molar-refractivity contribution in [3.05, 3.63) is 150 Å². The highest BCUT2D eigenvalue weighted by atomic mass is 15.0. The number of nitrogens with two attached hydrogens (primary N) is 2. The van der Waals surface area contributed by atoms with Gasteiger partial charge in [0.05, 0.1) is 5.52 Å². The lowest BCUT2D eigenvalue weighted by Crippen LogP contribution is -2.35. The molecule has 4 aromatic carbocycles. The minimum atomic E-state index is -0.125. The molecule has 0 aliphatic heterocycles. The van der Waals surface area contributed by atoms with Gasteiger partial charge in [-0.1, -0.05) is 105 Å². The maximum atomic E-state index is 7.26. The summed E-state index contributed by atoms with van der Waals surface area (Å²) >= 11 is 0. The molecule has 0 saturated carbocycles. The number of hydrogen-bond acceptors (Lipinski definition) is 3. The van der Waals surface area contributed by atoms with E-state index in [1.807, 2.05) is 12.3 Å². The highest BCUT2D eigenvalue weighted by Crippen LogP contribution is 2.43. The van der Waals surface area contributed by atoms with Gasteiger partial charge in [0.1, 0.15) is 5.65 Å². The van der Waals surface area contributed by atoms with Crippen molar-refractivity contribution < 1.29 is 0 Å². The molecule has 0 bridgehead atoms. The van der Waals surface area contributed by atoms with Crippen LogP contribution in [0.5, 0.6) is 0 Å². The Bertz CT molecular complexity index is 1980. The second kappa shape index (κ2) is 12.2. The van der Waals surface area contributed by atoms with Crippen LogP contribution in [0.15, 0.2) is 128 Å². The molecule has 4 heteroatoms. The van der Waals surface area contributed by atoms with E-state index in [1.54, 1.807) is 6.20 Å². The summed E-state index contributed by atoms with van der Waals surface area (Å²) in [5.74, 6) is 0.665.